The van der Waals surface area contributed by atoms with Gasteiger partial charge in [-0.15, -0.1) is 0 Å². The first-order valence-electron chi connectivity index (χ1n) is 7.38. The fourth-order valence-electron chi connectivity index (χ4n) is 1.84. The highest BCUT2D eigenvalue weighted by Gasteiger charge is 1.97. The number of methoxy groups -OCH3 is 1. The highest BCUT2D eigenvalue weighted by molar-refractivity contribution is 6.16. The average molecular weight is 323 g/mol. The Hall–Kier alpha value is -3.28. The van der Waals surface area contributed by atoms with Gasteiger partial charge in [-0.05, 0) is 48.5 Å². The van der Waals surface area contributed by atoms with Crippen LogP contribution < -0.4 is 20.9 Å². The Labute approximate surface area is 142 Å². The van der Waals surface area contributed by atoms with Gasteiger partial charge in [0.05, 0.1) is 12.8 Å². The number of nitrogens with one attached hydrogen (secondary N) is 3. The molecule has 0 saturated heterocycles. The number of hydrogen-bond acceptors (Lipinski definition) is 6. The van der Waals surface area contributed by atoms with Crippen molar-refractivity contribution in [2.75, 3.05) is 24.9 Å². The van der Waals surface area contributed by atoms with Crippen molar-refractivity contribution in [2.45, 2.75) is 0 Å². The molecule has 0 saturated carbocycles. The van der Waals surface area contributed by atoms with E-state index in [1.807, 2.05) is 48.5 Å². The number of nitrogens with zero attached hydrogens (tertiary/aromatic N) is 2. The summed E-state index contributed by atoms with van der Waals surface area (Å²) in [6.45, 7) is 3.77. The Bertz CT molecular complexity index is 705. The molecule has 2 aromatic rings. The molecule has 0 radical (unpaired) electrons. The molecule has 3 N–H and O–H groups in total. The Kier molecular flexibility index (Phi) is 6.40. The lowest BCUT2D eigenvalue weighted by atomic mass is 10.2. The van der Waals surface area contributed by atoms with Crippen molar-refractivity contribution in [3.05, 3.63) is 60.9 Å². The summed E-state index contributed by atoms with van der Waals surface area (Å²) >= 11 is 0. The monoisotopic (exact) mass is 323 g/mol. The van der Waals surface area contributed by atoms with Crippen LogP contribution in [0.15, 0.2) is 70.9 Å². The maximum absolute atomic E-state index is 5.14. The molecule has 24 heavy (non-hydrogen) atoms. The normalized spacial score (nSPS) is 10.8. The minimum Gasteiger partial charge on any atom is -0.497 e. The molecule has 0 fully saturated rings. The highest BCUT2D eigenvalue weighted by atomic mass is 16.5. The lowest BCUT2D eigenvalue weighted by Gasteiger charge is -2.11. The SMILES string of the molecule is C=C(N=CC=NC)NNc1ccc(Nc2ccc(OC)cc2)cc1. The van der Waals surface area contributed by atoms with Crippen LogP contribution >= 0.6 is 0 Å². The number of anilines is 3. The molecule has 0 atom stereocenters. The molecule has 0 spiro atoms. The third-order valence-electron chi connectivity index (χ3n) is 3.06. The Balaban J connectivity index is 1.87. The van der Waals surface area contributed by atoms with Gasteiger partial charge in [-0.2, -0.15) is 0 Å². The van der Waals surface area contributed by atoms with E-state index in [-0.39, 0.29) is 0 Å². The van der Waals surface area contributed by atoms with Crippen molar-refractivity contribution >= 4 is 29.5 Å². The molecule has 0 aliphatic rings. The average Bonchev–Trinajstić information content (AvgIpc) is 2.62. The molecule has 0 amide bonds. The Morgan fingerprint density at radius 2 is 1.54 bits per heavy atom. The van der Waals surface area contributed by atoms with Crippen LogP contribution in [0.3, 0.4) is 0 Å². The summed E-state index contributed by atoms with van der Waals surface area (Å²) in [4.78, 5) is 7.85. The first-order valence-corrected chi connectivity index (χ1v) is 7.38. The van der Waals surface area contributed by atoms with E-state index in [0.29, 0.717) is 5.82 Å². The van der Waals surface area contributed by atoms with E-state index in [1.165, 1.54) is 0 Å². The number of hydrogen-bond donors (Lipinski definition) is 3. The largest absolute Gasteiger partial charge is 0.497 e. The Morgan fingerprint density at radius 1 is 0.958 bits per heavy atom. The van der Waals surface area contributed by atoms with Gasteiger partial charge < -0.3 is 10.1 Å². The number of ether oxygens (including phenoxy) is 1. The second-order valence-corrected chi connectivity index (χ2v) is 4.81. The maximum atomic E-state index is 5.14. The smallest absolute Gasteiger partial charge is 0.137 e. The second-order valence-electron chi connectivity index (χ2n) is 4.81. The van der Waals surface area contributed by atoms with E-state index in [4.69, 9.17) is 4.74 Å². The van der Waals surface area contributed by atoms with Crippen LogP contribution in [0.2, 0.25) is 0 Å². The molecular weight excluding hydrogens is 302 g/mol. The summed E-state index contributed by atoms with van der Waals surface area (Å²) < 4.78 is 5.14. The summed E-state index contributed by atoms with van der Waals surface area (Å²) in [7, 11) is 3.33. The van der Waals surface area contributed by atoms with Crippen LogP contribution in [0.25, 0.3) is 0 Å². The van der Waals surface area contributed by atoms with Gasteiger partial charge in [0.1, 0.15) is 11.6 Å². The van der Waals surface area contributed by atoms with Gasteiger partial charge in [0.15, 0.2) is 0 Å². The van der Waals surface area contributed by atoms with Gasteiger partial charge >= 0.3 is 0 Å². The van der Waals surface area contributed by atoms with Crippen molar-refractivity contribution in [3.8, 4) is 5.75 Å². The summed E-state index contributed by atoms with van der Waals surface area (Å²) in [5, 5.41) is 3.32. The lowest BCUT2D eigenvalue weighted by molar-refractivity contribution is 0.415. The third-order valence-corrected chi connectivity index (χ3v) is 3.06. The number of hydrazine groups is 1. The molecular formula is C18H21N5O. The van der Waals surface area contributed by atoms with Crippen LogP contribution in [0.4, 0.5) is 17.1 Å². The number of rotatable bonds is 8. The summed E-state index contributed by atoms with van der Waals surface area (Å²) in [6.07, 6.45) is 3.16. The summed E-state index contributed by atoms with van der Waals surface area (Å²) in [6, 6.07) is 15.6. The van der Waals surface area contributed by atoms with E-state index >= 15 is 0 Å². The van der Waals surface area contributed by atoms with Crippen molar-refractivity contribution in [3.63, 3.8) is 0 Å². The minimum absolute atomic E-state index is 0.496. The molecule has 0 unspecified atom stereocenters. The number of aliphatic imine (C=N–C) groups is 2. The van der Waals surface area contributed by atoms with Crippen LogP contribution in [0.5, 0.6) is 5.75 Å². The zero-order valence-electron chi connectivity index (χ0n) is 13.8. The van der Waals surface area contributed by atoms with Gasteiger partial charge in [0.25, 0.3) is 0 Å². The van der Waals surface area contributed by atoms with Crippen molar-refractivity contribution in [2.24, 2.45) is 9.98 Å². The molecule has 6 heteroatoms. The van der Waals surface area contributed by atoms with E-state index in [2.05, 4.69) is 32.7 Å². The van der Waals surface area contributed by atoms with Crippen molar-refractivity contribution in [1.82, 2.24) is 5.43 Å². The van der Waals surface area contributed by atoms with Gasteiger partial charge in [-0.25, -0.2) is 4.99 Å². The molecule has 0 aromatic heterocycles. The topological polar surface area (TPSA) is 70.0 Å². The fraction of sp³-hybridized carbons (Fsp3) is 0.111. The fourth-order valence-corrected chi connectivity index (χ4v) is 1.84. The molecule has 0 aliphatic carbocycles. The standard InChI is InChI=1S/C18H21N5O/c1-14(20-13-12-19-2)22-23-17-6-4-15(5-7-17)21-16-8-10-18(24-3)11-9-16/h4-13,21-23H,1H2,2-3H3. The second kappa shape index (κ2) is 8.99. The van der Waals surface area contributed by atoms with E-state index in [0.717, 1.165) is 22.8 Å². The Morgan fingerprint density at radius 3 is 2.12 bits per heavy atom. The maximum Gasteiger partial charge on any atom is 0.137 e. The molecule has 124 valence electrons. The minimum atomic E-state index is 0.496. The van der Waals surface area contributed by atoms with Crippen LogP contribution in [0.1, 0.15) is 0 Å². The first-order chi connectivity index (χ1) is 11.7. The molecule has 0 bridgehead atoms. The highest BCUT2D eigenvalue weighted by Crippen LogP contribution is 2.21. The van der Waals surface area contributed by atoms with E-state index < -0.39 is 0 Å². The zero-order chi connectivity index (χ0) is 17.2. The molecule has 2 aromatic carbocycles. The molecule has 0 heterocycles. The molecule has 0 aliphatic heterocycles. The predicted molar refractivity (Wildman–Crippen MR) is 102 cm³/mol. The van der Waals surface area contributed by atoms with Gasteiger partial charge in [-0.1, -0.05) is 6.58 Å². The summed E-state index contributed by atoms with van der Waals surface area (Å²) in [5.74, 6) is 1.33. The lowest BCUT2D eigenvalue weighted by Crippen LogP contribution is -2.19. The van der Waals surface area contributed by atoms with E-state index in [9.17, 15) is 0 Å². The number of benzene rings is 2. The van der Waals surface area contributed by atoms with Gasteiger partial charge in [-0.3, -0.25) is 15.8 Å². The first kappa shape index (κ1) is 17.1. The van der Waals surface area contributed by atoms with Gasteiger partial charge in [0.2, 0.25) is 0 Å². The van der Waals surface area contributed by atoms with Crippen molar-refractivity contribution < 1.29 is 4.74 Å². The third kappa shape index (κ3) is 5.49. The molecule has 2 rings (SSSR count). The van der Waals surface area contributed by atoms with Crippen LogP contribution in [0, 0.1) is 0 Å². The van der Waals surface area contributed by atoms with Crippen LogP contribution in [-0.2, 0) is 0 Å². The van der Waals surface area contributed by atoms with Crippen molar-refractivity contribution in [1.29, 1.82) is 0 Å². The van der Waals surface area contributed by atoms with E-state index in [1.54, 1.807) is 26.6 Å². The zero-order valence-corrected chi connectivity index (χ0v) is 13.8. The predicted octanol–water partition coefficient (Wildman–Crippen LogP) is 3.60. The summed E-state index contributed by atoms with van der Waals surface area (Å²) in [5.41, 5.74) is 8.81. The quantitative estimate of drug-likeness (QED) is 0.513. The van der Waals surface area contributed by atoms with Crippen LogP contribution in [-0.4, -0.2) is 26.6 Å². The van der Waals surface area contributed by atoms with Gasteiger partial charge in [0, 0.05) is 30.9 Å². The molecule has 6 nitrogen and oxygen atoms in total.